The third-order valence-electron chi connectivity index (χ3n) is 7.66. The first-order valence-electron chi connectivity index (χ1n) is 15.2. The number of rotatable bonds is 12. The fourth-order valence-electron chi connectivity index (χ4n) is 3.95. The van der Waals surface area contributed by atoms with Crippen molar-refractivity contribution in [1.29, 1.82) is 0 Å². The third-order valence-corrected chi connectivity index (χ3v) is 7.66. The molecule has 4 rings (SSSR count). The van der Waals surface area contributed by atoms with Crippen molar-refractivity contribution in [3.8, 4) is 52.8 Å². The number of benzene rings is 3. The van der Waals surface area contributed by atoms with E-state index in [1.54, 1.807) is 0 Å². The standard InChI is InChI=1S/C39H42O3/c1-7-28(4)25-40-37-19-16-31-11-14-35-23-39(42-27-30(6)9-3)21-18-33(35)12-15-36-24-38(41-26-29(5)8-2)20-17-32(36)10-13-34(31)22-37/h16-24,28-30H,7-9,25-27H2,1-6H3. The van der Waals surface area contributed by atoms with Crippen LogP contribution in [0, 0.1) is 53.3 Å². The molecule has 0 heterocycles. The van der Waals surface area contributed by atoms with E-state index in [2.05, 4.69) is 77.1 Å². The summed E-state index contributed by atoms with van der Waals surface area (Å²) in [5.74, 6) is 24.0. The van der Waals surface area contributed by atoms with Gasteiger partial charge in [-0.2, -0.15) is 0 Å². The molecular formula is C39H42O3. The van der Waals surface area contributed by atoms with Crippen LogP contribution >= 0.6 is 0 Å². The van der Waals surface area contributed by atoms with Crippen molar-refractivity contribution in [2.75, 3.05) is 19.8 Å². The first-order valence-corrected chi connectivity index (χ1v) is 15.2. The van der Waals surface area contributed by atoms with Crippen LogP contribution in [0.15, 0.2) is 54.6 Å². The molecule has 0 saturated carbocycles. The molecule has 3 aromatic rings. The topological polar surface area (TPSA) is 27.7 Å². The molecule has 0 aliphatic heterocycles. The average molecular weight is 559 g/mol. The van der Waals surface area contributed by atoms with E-state index in [0.29, 0.717) is 37.6 Å². The Balaban J connectivity index is 1.80. The van der Waals surface area contributed by atoms with Gasteiger partial charge in [-0.1, -0.05) is 96.3 Å². The van der Waals surface area contributed by atoms with E-state index in [-0.39, 0.29) is 0 Å². The molecule has 0 radical (unpaired) electrons. The second-order valence-electron chi connectivity index (χ2n) is 11.3. The van der Waals surface area contributed by atoms with Gasteiger partial charge in [0, 0.05) is 33.4 Å². The van der Waals surface area contributed by atoms with Crippen LogP contribution < -0.4 is 14.2 Å². The zero-order valence-electron chi connectivity index (χ0n) is 25.9. The van der Waals surface area contributed by atoms with Crippen LogP contribution in [0.1, 0.15) is 94.2 Å². The van der Waals surface area contributed by atoms with E-state index < -0.39 is 0 Å². The van der Waals surface area contributed by atoms with Crippen molar-refractivity contribution < 1.29 is 14.2 Å². The van der Waals surface area contributed by atoms with Crippen molar-refractivity contribution >= 4 is 0 Å². The molecule has 0 saturated heterocycles. The van der Waals surface area contributed by atoms with Gasteiger partial charge in [0.1, 0.15) is 17.2 Å². The lowest BCUT2D eigenvalue weighted by Crippen LogP contribution is -2.07. The first-order chi connectivity index (χ1) is 20.4. The molecule has 216 valence electrons. The lowest BCUT2D eigenvalue weighted by molar-refractivity contribution is 0.256. The number of hydrogen-bond acceptors (Lipinski definition) is 3. The average Bonchev–Trinajstić information content (AvgIpc) is 3.02. The lowest BCUT2D eigenvalue weighted by atomic mass is 10.0. The highest BCUT2D eigenvalue weighted by Gasteiger charge is 2.09. The van der Waals surface area contributed by atoms with Crippen LogP contribution in [-0.4, -0.2) is 19.8 Å². The Morgan fingerprint density at radius 2 is 0.690 bits per heavy atom. The maximum Gasteiger partial charge on any atom is 0.120 e. The Hall–Kier alpha value is -4.26. The summed E-state index contributed by atoms with van der Waals surface area (Å²) in [4.78, 5) is 0. The van der Waals surface area contributed by atoms with Gasteiger partial charge < -0.3 is 14.2 Å². The van der Waals surface area contributed by atoms with E-state index in [1.165, 1.54) is 0 Å². The zero-order valence-corrected chi connectivity index (χ0v) is 25.9. The van der Waals surface area contributed by atoms with Crippen LogP contribution in [-0.2, 0) is 0 Å². The third kappa shape index (κ3) is 8.62. The summed E-state index contributed by atoms with van der Waals surface area (Å²) in [6.45, 7) is 15.1. The molecule has 3 nitrogen and oxygen atoms in total. The smallest absolute Gasteiger partial charge is 0.120 e. The van der Waals surface area contributed by atoms with Crippen LogP contribution in [0.5, 0.6) is 17.2 Å². The summed E-state index contributed by atoms with van der Waals surface area (Å²) in [7, 11) is 0. The van der Waals surface area contributed by atoms with Gasteiger partial charge in [0.15, 0.2) is 0 Å². The molecule has 0 bridgehead atoms. The quantitative estimate of drug-likeness (QED) is 0.163. The van der Waals surface area contributed by atoms with Crippen molar-refractivity contribution in [3.63, 3.8) is 0 Å². The molecule has 3 heteroatoms. The predicted octanol–water partition coefficient (Wildman–Crippen LogP) is 8.47. The maximum absolute atomic E-state index is 6.09. The molecule has 1 aliphatic carbocycles. The first kappa shape index (κ1) is 30.7. The van der Waals surface area contributed by atoms with Gasteiger partial charge in [-0.05, 0) is 72.4 Å². The number of fused-ring (bicyclic) bond motifs is 3. The summed E-state index contributed by atoms with van der Waals surface area (Å²) in [6.07, 6.45) is 3.21. The second-order valence-corrected chi connectivity index (χ2v) is 11.3. The fraction of sp³-hybridized carbons (Fsp3) is 0.385. The Kier molecular flexibility index (Phi) is 11.0. The molecule has 42 heavy (non-hydrogen) atoms. The highest BCUT2D eigenvalue weighted by atomic mass is 16.5. The van der Waals surface area contributed by atoms with Crippen LogP contribution in [0.25, 0.3) is 0 Å². The highest BCUT2D eigenvalue weighted by molar-refractivity contribution is 5.63. The summed E-state index contributed by atoms with van der Waals surface area (Å²) >= 11 is 0. The number of ether oxygens (including phenoxy) is 3. The normalized spacial score (nSPS) is 13.3. The van der Waals surface area contributed by atoms with Gasteiger partial charge in [-0.15, -0.1) is 0 Å². The second kappa shape index (κ2) is 15.1. The molecule has 0 amide bonds. The molecule has 3 aromatic carbocycles. The van der Waals surface area contributed by atoms with E-state index in [1.807, 2.05) is 54.6 Å². The van der Waals surface area contributed by atoms with Gasteiger partial charge >= 0.3 is 0 Å². The molecular weight excluding hydrogens is 516 g/mol. The monoisotopic (exact) mass is 558 g/mol. The summed E-state index contributed by atoms with van der Waals surface area (Å²) in [6, 6.07) is 17.9. The summed E-state index contributed by atoms with van der Waals surface area (Å²) < 4.78 is 18.3. The fourth-order valence-corrected chi connectivity index (χ4v) is 3.95. The van der Waals surface area contributed by atoms with Crippen molar-refractivity contribution in [1.82, 2.24) is 0 Å². The van der Waals surface area contributed by atoms with Gasteiger partial charge in [0.05, 0.1) is 19.8 Å². The van der Waals surface area contributed by atoms with Crippen molar-refractivity contribution in [3.05, 3.63) is 88.0 Å². The Bertz CT molecular complexity index is 1380. The molecule has 0 spiro atoms. The van der Waals surface area contributed by atoms with Gasteiger partial charge in [-0.25, -0.2) is 0 Å². The van der Waals surface area contributed by atoms with Gasteiger partial charge in [0.2, 0.25) is 0 Å². The maximum atomic E-state index is 6.09. The van der Waals surface area contributed by atoms with Gasteiger partial charge in [-0.3, -0.25) is 0 Å². The number of hydrogen-bond donors (Lipinski definition) is 0. The molecule has 0 fully saturated rings. The minimum absolute atomic E-state index is 0.479. The lowest BCUT2D eigenvalue weighted by Gasteiger charge is -2.12. The molecule has 0 aromatic heterocycles. The minimum atomic E-state index is 0.479. The van der Waals surface area contributed by atoms with Crippen molar-refractivity contribution in [2.24, 2.45) is 17.8 Å². The molecule has 3 unspecified atom stereocenters. The Labute approximate surface area is 253 Å². The SMILES string of the molecule is CCC(C)COc1ccc2c(c1)C#Cc1ccc(OCC(C)CC)cc1C#Cc1ccc(OCC(C)CC)cc1C#C2. The Morgan fingerprint density at radius 1 is 0.429 bits per heavy atom. The van der Waals surface area contributed by atoms with Crippen LogP contribution in [0.3, 0.4) is 0 Å². The van der Waals surface area contributed by atoms with Crippen LogP contribution in [0.4, 0.5) is 0 Å². The molecule has 3 atom stereocenters. The van der Waals surface area contributed by atoms with Crippen LogP contribution in [0.2, 0.25) is 0 Å². The summed E-state index contributed by atoms with van der Waals surface area (Å²) in [5.41, 5.74) is 5.01. The van der Waals surface area contributed by atoms with E-state index in [9.17, 15) is 0 Å². The largest absolute Gasteiger partial charge is 0.493 e. The summed E-state index contributed by atoms with van der Waals surface area (Å²) in [5, 5.41) is 0. The van der Waals surface area contributed by atoms with E-state index >= 15 is 0 Å². The van der Waals surface area contributed by atoms with Gasteiger partial charge in [0.25, 0.3) is 0 Å². The zero-order chi connectivity index (χ0) is 29.9. The highest BCUT2D eigenvalue weighted by Crippen LogP contribution is 2.23. The Morgan fingerprint density at radius 3 is 0.952 bits per heavy atom. The minimum Gasteiger partial charge on any atom is -0.493 e. The van der Waals surface area contributed by atoms with Crippen molar-refractivity contribution in [2.45, 2.75) is 60.8 Å². The predicted molar refractivity (Wildman–Crippen MR) is 172 cm³/mol. The van der Waals surface area contributed by atoms with E-state index in [0.717, 1.165) is 69.9 Å². The molecule has 1 aliphatic rings. The van der Waals surface area contributed by atoms with E-state index in [4.69, 9.17) is 14.2 Å². The molecule has 0 N–H and O–H groups in total.